The van der Waals surface area contributed by atoms with Crippen molar-refractivity contribution in [3.05, 3.63) is 0 Å². The van der Waals surface area contributed by atoms with Gasteiger partial charge >= 0.3 is 0 Å². The van der Waals surface area contributed by atoms with Gasteiger partial charge in [-0.15, -0.1) is 0 Å². The molecule has 0 aromatic carbocycles. The molecule has 21 heavy (non-hydrogen) atoms. The van der Waals surface area contributed by atoms with Gasteiger partial charge in [0.1, 0.15) is 0 Å². The Bertz CT molecular complexity index is 279. The first kappa shape index (κ1) is 17.3. The molecule has 1 N–H and O–H groups in total. The van der Waals surface area contributed by atoms with Crippen LogP contribution in [0.15, 0.2) is 0 Å². The van der Waals surface area contributed by atoms with E-state index in [9.17, 15) is 0 Å². The van der Waals surface area contributed by atoms with Gasteiger partial charge in [-0.2, -0.15) is 0 Å². The molecule has 124 valence electrons. The summed E-state index contributed by atoms with van der Waals surface area (Å²) in [5.74, 6) is 1.77. The van der Waals surface area contributed by atoms with Crippen LogP contribution < -0.4 is 5.32 Å². The zero-order chi connectivity index (χ0) is 15.1. The SMILES string of the molecule is CCCNC1CCCCCC1CN(C)C1CCCCC1C. The zero-order valence-electron chi connectivity index (χ0n) is 14.7. The van der Waals surface area contributed by atoms with Gasteiger partial charge in [0, 0.05) is 18.6 Å². The minimum absolute atomic E-state index is 0.772. The summed E-state index contributed by atoms with van der Waals surface area (Å²) in [4.78, 5) is 2.72. The van der Waals surface area contributed by atoms with E-state index in [4.69, 9.17) is 0 Å². The van der Waals surface area contributed by atoms with Gasteiger partial charge in [0.05, 0.1) is 0 Å². The Morgan fingerprint density at radius 2 is 1.67 bits per heavy atom. The summed E-state index contributed by atoms with van der Waals surface area (Å²) in [7, 11) is 2.40. The van der Waals surface area contributed by atoms with Gasteiger partial charge in [0.15, 0.2) is 0 Å². The minimum atomic E-state index is 0.772. The molecule has 0 bridgehead atoms. The fourth-order valence-corrected chi connectivity index (χ4v) is 4.66. The molecule has 2 heteroatoms. The number of rotatable bonds is 6. The van der Waals surface area contributed by atoms with Crippen LogP contribution in [-0.4, -0.2) is 37.1 Å². The van der Waals surface area contributed by atoms with E-state index < -0.39 is 0 Å². The molecule has 0 aromatic heterocycles. The van der Waals surface area contributed by atoms with Gasteiger partial charge in [-0.1, -0.05) is 46.0 Å². The highest BCUT2D eigenvalue weighted by Gasteiger charge is 2.29. The molecule has 0 saturated heterocycles. The van der Waals surface area contributed by atoms with E-state index in [-0.39, 0.29) is 0 Å². The Balaban J connectivity index is 1.89. The van der Waals surface area contributed by atoms with Crippen molar-refractivity contribution in [3.63, 3.8) is 0 Å². The van der Waals surface area contributed by atoms with Crippen molar-refractivity contribution in [2.45, 2.75) is 90.1 Å². The molecule has 2 saturated carbocycles. The lowest BCUT2D eigenvalue weighted by Gasteiger charge is -2.39. The summed E-state index contributed by atoms with van der Waals surface area (Å²) in [6.07, 6.45) is 14.2. The predicted molar refractivity (Wildman–Crippen MR) is 92.7 cm³/mol. The van der Waals surface area contributed by atoms with Crippen LogP contribution in [0.4, 0.5) is 0 Å². The van der Waals surface area contributed by atoms with Gasteiger partial charge in [-0.05, 0) is 57.5 Å². The van der Waals surface area contributed by atoms with Crippen LogP contribution in [0.25, 0.3) is 0 Å². The third kappa shape index (κ3) is 5.25. The molecule has 2 nitrogen and oxygen atoms in total. The molecule has 0 heterocycles. The standard InChI is InChI=1S/C19H38N2/c1-4-14-20-18-12-7-5-6-11-17(18)15-21(3)19-13-9-8-10-16(19)2/h16-20H,4-15H2,1-3H3. The second-order valence-electron chi connectivity index (χ2n) is 7.73. The van der Waals surface area contributed by atoms with Crippen molar-refractivity contribution in [2.24, 2.45) is 11.8 Å². The largest absolute Gasteiger partial charge is 0.314 e. The molecule has 2 aliphatic rings. The van der Waals surface area contributed by atoms with Crippen LogP contribution in [-0.2, 0) is 0 Å². The van der Waals surface area contributed by atoms with E-state index in [1.165, 1.54) is 77.3 Å². The minimum Gasteiger partial charge on any atom is -0.314 e. The topological polar surface area (TPSA) is 15.3 Å². The maximum Gasteiger partial charge on any atom is 0.0118 e. The summed E-state index contributed by atoms with van der Waals surface area (Å²) in [5.41, 5.74) is 0. The fraction of sp³-hybridized carbons (Fsp3) is 1.00. The summed E-state index contributed by atoms with van der Waals surface area (Å²) in [5, 5.41) is 3.85. The van der Waals surface area contributed by atoms with E-state index in [2.05, 4.69) is 31.1 Å². The van der Waals surface area contributed by atoms with E-state index >= 15 is 0 Å². The van der Waals surface area contributed by atoms with Gasteiger partial charge in [-0.3, -0.25) is 0 Å². The molecule has 0 aliphatic heterocycles. The van der Waals surface area contributed by atoms with Gasteiger partial charge in [0.2, 0.25) is 0 Å². The van der Waals surface area contributed by atoms with E-state index in [1.54, 1.807) is 0 Å². The Kier molecular flexibility index (Phi) is 7.53. The van der Waals surface area contributed by atoms with Crippen LogP contribution >= 0.6 is 0 Å². The molecule has 0 spiro atoms. The lowest BCUT2D eigenvalue weighted by Crippen LogP contribution is -2.46. The Morgan fingerprint density at radius 1 is 0.952 bits per heavy atom. The second kappa shape index (κ2) is 9.15. The average molecular weight is 295 g/mol. The van der Waals surface area contributed by atoms with Crippen LogP contribution in [0.2, 0.25) is 0 Å². The van der Waals surface area contributed by atoms with Crippen molar-refractivity contribution in [2.75, 3.05) is 20.1 Å². The van der Waals surface area contributed by atoms with E-state index in [0.29, 0.717) is 0 Å². The maximum atomic E-state index is 3.85. The smallest absolute Gasteiger partial charge is 0.0118 e. The molecule has 4 atom stereocenters. The number of nitrogens with zero attached hydrogens (tertiary/aromatic N) is 1. The van der Waals surface area contributed by atoms with E-state index in [0.717, 1.165) is 23.9 Å². The molecule has 2 fully saturated rings. The second-order valence-corrected chi connectivity index (χ2v) is 7.73. The first-order valence-corrected chi connectivity index (χ1v) is 9.66. The molecule has 0 aromatic rings. The number of hydrogen-bond acceptors (Lipinski definition) is 2. The molecule has 0 radical (unpaired) electrons. The maximum absolute atomic E-state index is 3.85. The summed E-state index contributed by atoms with van der Waals surface area (Å²) < 4.78 is 0. The lowest BCUT2D eigenvalue weighted by atomic mass is 9.84. The Morgan fingerprint density at radius 3 is 2.43 bits per heavy atom. The van der Waals surface area contributed by atoms with Crippen molar-refractivity contribution < 1.29 is 0 Å². The molecule has 2 rings (SSSR count). The van der Waals surface area contributed by atoms with Gasteiger partial charge < -0.3 is 10.2 Å². The number of hydrogen-bond donors (Lipinski definition) is 1. The van der Waals surface area contributed by atoms with Crippen LogP contribution in [0.3, 0.4) is 0 Å². The molecular weight excluding hydrogens is 256 g/mol. The highest BCUT2D eigenvalue weighted by atomic mass is 15.1. The summed E-state index contributed by atoms with van der Waals surface area (Å²) in [6.45, 7) is 7.27. The van der Waals surface area contributed by atoms with Crippen LogP contribution in [0.1, 0.15) is 78.1 Å². The Hall–Kier alpha value is -0.0800. The quantitative estimate of drug-likeness (QED) is 0.728. The number of nitrogens with one attached hydrogen (secondary N) is 1. The van der Waals surface area contributed by atoms with Crippen molar-refractivity contribution in [1.29, 1.82) is 0 Å². The molecule has 4 unspecified atom stereocenters. The summed E-state index contributed by atoms with van der Waals surface area (Å²) >= 11 is 0. The normalized spacial score (nSPS) is 34.9. The van der Waals surface area contributed by atoms with Gasteiger partial charge in [0.25, 0.3) is 0 Å². The van der Waals surface area contributed by atoms with Crippen molar-refractivity contribution in [1.82, 2.24) is 10.2 Å². The molecule has 0 amide bonds. The lowest BCUT2D eigenvalue weighted by molar-refractivity contribution is 0.109. The highest BCUT2D eigenvalue weighted by Crippen LogP contribution is 2.30. The third-order valence-electron chi connectivity index (χ3n) is 5.97. The highest BCUT2D eigenvalue weighted by molar-refractivity contribution is 4.85. The monoisotopic (exact) mass is 294 g/mol. The van der Waals surface area contributed by atoms with Crippen molar-refractivity contribution >= 4 is 0 Å². The summed E-state index contributed by atoms with van der Waals surface area (Å²) in [6, 6.07) is 1.61. The van der Waals surface area contributed by atoms with E-state index in [1.807, 2.05) is 0 Å². The third-order valence-corrected chi connectivity index (χ3v) is 5.97. The predicted octanol–water partition coefficient (Wildman–Crippen LogP) is 4.45. The Labute approximate surface area is 133 Å². The average Bonchev–Trinajstić information content (AvgIpc) is 2.71. The first-order valence-electron chi connectivity index (χ1n) is 9.66. The van der Waals surface area contributed by atoms with Crippen LogP contribution in [0, 0.1) is 11.8 Å². The van der Waals surface area contributed by atoms with Gasteiger partial charge in [-0.25, -0.2) is 0 Å². The fourth-order valence-electron chi connectivity index (χ4n) is 4.66. The van der Waals surface area contributed by atoms with Crippen molar-refractivity contribution in [3.8, 4) is 0 Å². The van der Waals surface area contributed by atoms with Crippen LogP contribution in [0.5, 0.6) is 0 Å². The first-order chi connectivity index (χ1) is 10.2. The zero-order valence-corrected chi connectivity index (χ0v) is 14.7. The molecular formula is C19H38N2. The molecule has 2 aliphatic carbocycles.